The number of nitrogens with two attached hydrogens (primary N) is 1. The van der Waals surface area contributed by atoms with Crippen LogP contribution in [0.5, 0.6) is 0 Å². The zero-order valence-corrected chi connectivity index (χ0v) is 11.2. The molecule has 2 atom stereocenters. The van der Waals surface area contributed by atoms with Crippen LogP contribution in [0.1, 0.15) is 19.8 Å². The van der Waals surface area contributed by atoms with E-state index in [0.29, 0.717) is 6.04 Å². The van der Waals surface area contributed by atoms with E-state index < -0.39 is 0 Å². The lowest BCUT2D eigenvalue weighted by molar-refractivity contribution is -0.137. The van der Waals surface area contributed by atoms with Crippen LogP contribution in [-0.2, 0) is 11.3 Å². The predicted octanol–water partition coefficient (Wildman–Crippen LogP) is -0.445. The van der Waals surface area contributed by atoms with E-state index in [1.54, 1.807) is 0 Å². The van der Waals surface area contributed by atoms with E-state index >= 15 is 0 Å². The Morgan fingerprint density at radius 1 is 1.53 bits per heavy atom. The summed E-state index contributed by atoms with van der Waals surface area (Å²) in [6.07, 6.45) is 3.95. The summed E-state index contributed by atoms with van der Waals surface area (Å²) in [5, 5.41) is 3.96. The maximum absolute atomic E-state index is 12.4. The number of amides is 1. The summed E-state index contributed by atoms with van der Waals surface area (Å²) in [4.78, 5) is 20.7. The number of carbonyl (C=O) groups excluding carboxylic acids is 1. The van der Waals surface area contributed by atoms with Gasteiger partial charge in [-0.2, -0.15) is 0 Å². The lowest BCUT2D eigenvalue weighted by Crippen LogP contribution is -2.57. The highest BCUT2D eigenvalue weighted by molar-refractivity contribution is 5.76. The number of carbonyl (C=O) groups is 1. The molecule has 2 saturated heterocycles. The molecule has 7 heteroatoms. The molecule has 2 N–H and O–H groups in total. The van der Waals surface area contributed by atoms with Gasteiger partial charge in [0, 0.05) is 25.2 Å². The molecule has 3 rings (SSSR count). The number of hydrogen-bond acceptors (Lipinski definition) is 5. The molecule has 0 bridgehead atoms. The van der Waals surface area contributed by atoms with Crippen molar-refractivity contribution >= 4 is 11.9 Å². The number of nitrogens with zero attached hydrogens (tertiary/aromatic N) is 5. The number of hydrogen-bond donors (Lipinski definition) is 1. The van der Waals surface area contributed by atoms with Crippen LogP contribution >= 0.6 is 0 Å². The van der Waals surface area contributed by atoms with Gasteiger partial charge in [0.1, 0.15) is 12.9 Å². The first kappa shape index (κ1) is 12.4. The smallest absolute Gasteiger partial charge is 0.244 e. The van der Waals surface area contributed by atoms with Crippen molar-refractivity contribution in [2.75, 3.05) is 25.4 Å². The van der Waals surface area contributed by atoms with Crippen molar-refractivity contribution in [3.63, 3.8) is 0 Å². The number of rotatable bonds is 2. The van der Waals surface area contributed by atoms with E-state index in [2.05, 4.69) is 21.9 Å². The average molecular weight is 264 g/mol. The summed E-state index contributed by atoms with van der Waals surface area (Å²) < 4.78 is 1.51. The number of aromatic nitrogens is 3. The van der Waals surface area contributed by atoms with Gasteiger partial charge in [-0.1, -0.05) is 0 Å². The van der Waals surface area contributed by atoms with E-state index in [0.717, 1.165) is 13.1 Å². The van der Waals surface area contributed by atoms with Crippen LogP contribution in [0, 0.1) is 0 Å². The third kappa shape index (κ3) is 2.42. The molecule has 2 aliphatic heterocycles. The van der Waals surface area contributed by atoms with Gasteiger partial charge in [-0.05, 0) is 26.3 Å². The van der Waals surface area contributed by atoms with Crippen molar-refractivity contribution in [1.29, 1.82) is 0 Å². The second-order valence-electron chi connectivity index (χ2n) is 5.49. The van der Waals surface area contributed by atoms with Crippen molar-refractivity contribution < 1.29 is 4.79 Å². The van der Waals surface area contributed by atoms with Crippen molar-refractivity contribution in [1.82, 2.24) is 24.6 Å². The molecule has 3 heterocycles. The molecule has 104 valence electrons. The normalized spacial score (nSPS) is 27.5. The predicted molar refractivity (Wildman–Crippen MR) is 70.2 cm³/mol. The Morgan fingerprint density at radius 3 is 3.11 bits per heavy atom. The molecule has 0 aromatic carbocycles. The van der Waals surface area contributed by atoms with Crippen LogP contribution in [0.2, 0.25) is 0 Å². The number of nitrogen functional groups attached to an aromatic ring is 1. The van der Waals surface area contributed by atoms with Gasteiger partial charge in [0.2, 0.25) is 11.9 Å². The summed E-state index contributed by atoms with van der Waals surface area (Å²) in [5.74, 6) is 0.311. The first-order valence-electron chi connectivity index (χ1n) is 6.82. The number of fused-ring (bicyclic) bond motifs is 1. The molecule has 2 aliphatic rings. The molecule has 7 nitrogen and oxygen atoms in total. The fourth-order valence-electron chi connectivity index (χ4n) is 3.15. The van der Waals surface area contributed by atoms with Crippen LogP contribution in [0.4, 0.5) is 5.95 Å². The highest BCUT2D eigenvalue weighted by Gasteiger charge is 2.36. The molecule has 1 amide bonds. The molecule has 0 saturated carbocycles. The number of piperazine rings is 1. The van der Waals surface area contributed by atoms with Gasteiger partial charge >= 0.3 is 0 Å². The molecular weight excluding hydrogens is 244 g/mol. The lowest BCUT2D eigenvalue weighted by atomic mass is 10.1. The fourth-order valence-corrected chi connectivity index (χ4v) is 3.15. The molecule has 2 fully saturated rings. The zero-order valence-electron chi connectivity index (χ0n) is 11.2. The summed E-state index contributed by atoms with van der Waals surface area (Å²) >= 11 is 0. The van der Waals surface area contributed by atoms with Gasteiger partial charge in [0.15, 0.2) is 0 Å². The Kier molecular flexibility index (Phi) is 3.14. The topological polar surface area (TPSA) is 80.3 Å². The largest absolute Gasteiger partial charge is 0.367 e. The van der Waals surface area contributed by atoms with E-state index in [-0.39, 0.29) is 24.4 Å². The van der Waals surface area contributed by atoms with Gasteiger partial charge in [-0.15, -0.1) is 5.10 Å². The summed E-state index contributed by atoms with van der Waals surface area (Å²) in [6.45, 7) is 5.33. The van der Waals surface area contributed by atoms with Crippen LogP contribution in [0.3, 0.4) is 0 Å². The Balaban J connectivity index is 1.65. The first-order chi connectivity index (χ1) is 9.13. The summed E-state index contributed by atoms with van der Waals surface area (Å²) in [6, 6.07) is 0.809. The van der Waals surface area contributed by atoms with Gasteiger partial charge in [-0.25, -0.2) is 9.67 Å². The van der Waals surface area contributed by atoms with E-state index in [9.17, 15) is 4.79 Å². The van der Waals surface area contributed by atoms with Gasteiger partial charge < -0.3 is 10.6 Å². The maximum Gasteiger partial charge on any atom is 0.244 e. The molecule has 2 unspecified atom stereocenters. The summed E-state index contributed by atoms with van der Waals surface area (Å²) in [7, 11) is 0. The Hall–Kier alpha value is -1.63. The molecule has 0 aliphatic carbocycles. The van der Waals surface area contributed by atoms with Crippen LogP contribution in [-0.4, -0.2) is 62.2 Å². The Morgan fingerprint density at radius 2 is 2.37 bits per heavy atom. The van der Waals surface area contributed by atoms with Crippen molar-refractivity contribution in [2.45, 2.75) is 38.4 Å². The minimum atomic E-state index is 0.101. The maximum atomic E-state index is 12.4. The van der Waals surface area contributed by atoms with Crippen molar-refractivity contribution in [3.05, 3.63) is 6.33 Å². The minimum absolute atomic E-state index is 0.101. The van der Waals surface area contributed by atoms with Crippen LogP contribution in [0.25, 0.3) is 0 Å². The lowest BCUT2D eigenvalue weighted by Gasteiger charge is -2.42. The monoisotopic (exact) mass is 264 g/mol. The zero-order chi connectivity index (χ0) is 13.4. The fraction of sp³-hybridized carbons (Fsp3) is 0.750. The van der Waals surface area contributed by atoms with Crippen LogP contribution in [0.15, 0.2) is 6.33 Å². The SMILES string of the molecule is CC1CN2CCCC2CN1C(=O)Cn1cnc(N)n1. The molecule has 0 spiro atoms. The standard InChI is InChI=1S/C12H20N6O/c1-9-5-16-4-2-3-10(16)6-18(9)11(19)7-17-8-14-12(13)15-17/h8-10H,2-7H2,1H3,(H2,13,15). The van der Waals surface area contributed by atoms with Crippen LogP contribution < -0.4 is 5.73 Å². The van der Waals surface area contributed by atoms with E-state index in [4.69, 9.17) is 5.73 Å². The molecule has 0 radical (unpaired) electrons. The van der Waals surface area contributed by atoms with E-state index in [1.807, 2.05) is 4.90 Å². The third-order valence-electron chi connectivity index (χ3n) is 4.11. The molecular formula is C12H20N6O. The molecule has 1 aromatic heterocycles. The summed E-state index contributed by atoms with van der Waals surface area (Å²) in [5.41, 5.74) is 5.46. The van der Waals surface area contributed by atoms with Gasteiger partial charge in [-0.3, -0.25) is 9.69 Å². The van der Waals surface area contributed by atoms with Gasteiger partial charge in [0.25, 0.3) is 0 Å². The number of anilines is 1. The highest BCUT2D eigenvalue weighted by Crippen LogP contribution is 2.24. The third-order valence-corrected chi connectivity index (χ3v) is 4.11. The van der Waals surface area contributed by atoms with Crippen molar-refractivity contribution in [3.8, 4) is 0 Å². The molecule has 1 aromatic rings. The second-order valence-corrected chi connectivity index (χ2v) is 5.49. The average Bonchev–Trinajstić information content (AvgIpc) is 2.96. The Labute approximate surface area is 112 Å². The van der Waals surface area contributed by atoms with Gasteiger partial charge in [0.05, 0.1) is 0 Å². The first-order valence-corrected chi connectivity index (χ1v) is 6.82. The van der Waals surface area contributed by atoms with Crippen molar-refractivity contribution in [2.24, 2.45) is 0 Å². The quantitative estimate of drug-likeness (QED) is 0.783. The Bertz CT molecular complexity index is 473. The van der Waals surface area contributed by atoms with E-state index in [1.165, 1.54) is 30.4 Å². The highest BCUT2D eigenvalue weighted by atomic mass is 16.2. The minimum Gasteiger partial charge on any atom is -0.367 e. The second kappa shape index (κ2) is 4.80. The molecule has 19 heavy (non-hydrogen) atoms.